The molecule has 0 aliphatic carbocycles. The van der Waals surface area contributed by atoms with E-state index < -0.39 is 7.82 Å². The zero-order valence-electron chi connectivity index (χ0n) is 17.0. The molecule has 0 radical (unpaired) electrons. The second-order valence-electron chi connectivity index (χ2n) is 6.10. The summed E-state index contributed by atoms with van der Waals surface area (Å²) >= 11 is 0. The van der Waals surface area contributed by atoms with Crippen LogP contribution < -0.4 is 0 Å². The predicted octanol–water partition coefficient (Wildman–Crippen LogP) is 4.92. The van der Waals surface area contributed by atoms with Gasteiger partial charge in [-0.15, -0.1) is 0 Å². The lowest BCUT2D eigenvalue weighted by Gasteiger charge is -2.00. The summed E-state index contributed by atoms with van der Waals surface area (Å²) in [5.74, 6) is 0.949. The van der Waals surface area contributed by atoms with Gasteiger partial charge in [-0.2, -0.15) is 0 Å². The monoisotopic (exact) mass is 456 g/mol. The van der Waals surface area contributed by atoms with Crippen LogP contribution in [0, 0.1) is 0 Å². The lowest BCUT2D eigenvalue weighted by molar-refractivity contribution is 0.275. The first kappa shape index (κ1) is 26.4. The molecule has 0 bridgehead atoms. The Morgan fingerprint density at radius 3 is 0.938 bits per heavy atom. The van der Waals surface area contributed by atoms with E-state index in [9.17, 15) is 0 Å². The first-order valence-electron chi connectivity index (χ1n) is 9.26. The van der Waals surface area contributed by atoms with Gasteiger partial charge in [-0.05, 0) is 47.5 Å². The van der Waals surface area contributed by atoms with Crippen LogP contribution in [0.4, 0.5) is 0 Å². The average molecular weight is 456 g/mol. The van der Waals surface area contributed by atoms with E-state index in [-0.39, 0.29) is 0 Å². The van der Waals surface area contributed by atoms with Crippen LogP contribution in [0.2, 0.25) is 0 Å². The van der Waals surface area contributed by atoms with E-state index >= 15 is 0 Å². The number of benzene rings is 4. The Labute approximate surface area is 186 Å². The third-order valence-corrected chi connectivity index (χ3v) is 3.49. The summed E-state index contributed by atoms with van der Waals surface area (Å²) in [5, 5.41) is 26.4. The van der Waals surface area contributed by atoms with Gasteiger partial charge in [0.1, 0.15) is 17.2 Å². The Kier molecular flexibility index (Phi) is 11.9. The molecule has 7 nitrogen and oxygen atoms in total. The van der Waals surface area contributed by atoms with Crippen molar-refractivity contribution in [3.8, 4) is 28.4 Å². The molecule has 0 saturated carbocycles. The summed E-state index contributed by atoms with van der Waals surface area (Å²) in [5.41, 5.74) is 2.29. The molecule has 0 spiro atoms. The van der Waals surface area contributed by atoms with Gasteiger partial charge >= 0.3 is 7.82 Å². The van der Waals surface area contributed by atoms with Crippen molar-refractivity contribution in [2.24, 2.45) is 0 Å². The van der Waals surface area contributed by atoms with Gasteiger partial charge in [0.05, 0.1) is 0 Å². The van der Waals surface area contributed by atoms with Crippen LogP contribution >= 0.6 is 7.82 Å². The summed E-state index contributed by atoms with van der Waals surface area (Å²) in [6.45, 7) is 0. The van der Waals surface area contributed by atoms with Gasteiger partial charge in [0.2, 0.25) is 0 Å². The number of phosphoric acid groups is 1. The van der Waals surface area contributed by atoms with Gasteiger partial charge < -0.3 is 30.0 Å². The fourth-order valence-corrected chi connectivity index (χ4v) is 2.14. The SMILES string of the molecule is O=P(O)(O)O.Oc1ccc(-c2ccccc2)cc1.Oc1ccccc1.Oc1ccccc1. The van der Waals surface area contributed by atoms with Crippen LogP contribution in [-0.2, 0) is 4.57 Å². The van der Waals surface area contributed by atoms with Gasteiger partial charge in [0.15, 0.2) is 0 Å². The van der Waals surface area contributed by atoms with E-state index in [1.165, 1.54) is 5.56 Å². The highest BCUT2D eigenvalue weighted by molar-refractivity contribution is 7.45. The van der Waals surface area contributed by atoms with Crippen LogP contribution in [0.1, 0.15) is 0 Å². The quantitative estimate of drug-likeness (QED) is 0.224. The van der Waals surface area contributed by atoms with Crippen molar-refractivity contribution < 1.29 is 34.6 Å². The molecule has 0 saturated heterocycles. The molecule has 0 fully saturated rings. The van der Waals surface area contributed by atoms with E-state index in [0.29, 0.717) is 17.2 Å². The van der Waals surface area contributed by atoms with Crippen molar-refractivity contribution in [2.75, 3.05) is 0 Å². The molecule has 4 rings (SSSR count). The molecule has 0 amide bonds. The fourth-order valence-electron chi connectivity index (χ4n) is 2.14. The molecule has 0 aromatic heterocycles. The summed E-state index contributed by atoms with van der Waals surface area (Å²) in [7, 11) is -4.64. The zero-order chi connectivity index (χ0) is 23.8. The van der Waals surface area contributed by atoms with E-state index in [1.54, 1.807) is 60.7 Å². The van der Waals surface area contributed by atoms with E-state index in [0.717, 1.165) is 5.56 Å². The van der Waals surface area contributed by atoms with E-state index in [2.05, 4.69) is 0 Å². The molecule has 4 aromatic carbocycles. The maximum absolute atomic E-state index is 9.10. The molecule has 4 aromatic rings. The number of phenolic OH excluding ortho intramolecular Hbond substituents is 3. The number of aromatic hydroxyl groups is 3. The lowest BCUT2D eigenvalue weighted by atomic mass is 10.1. The smallest absolute Gasteiger partial charge is 0.466 e. The molecule has 0 heterocycles. The molecular formula is C24H25O7P. The van der Waals surface area contributed by atoms with E-state index in [4.69, 9.17) is 34.6 Å². The number of hydrogen-bond donors (Lipinski definition) is 6. The highest BCUT2D eigenvalue weighted by Gasteiger charge is 2.00. The Balaban J connectivity index is 0.000000231. The number of hydrogen-bond acceptors (Lipinski definition) is 4. The number of rotatable bonds is 1. The number of para-hydroxylation sites is 2. The molecule has 0 aliphatic rings. The van der Waals surface area contributed by atoms with Gasteiger partial charge in [0, 0.05) is 0 Å². The maximum Gasteiger partial charge on any atom is 0.466 e. The Bertz CT molecular complexity index is 990. The molecular weight excluding hydrogens is 431 g/mol. The van der Waals surface area contributed by atoms with Crippen LogP contribution in [0.15, 0.2) is 115 Å². The van der Waals surface area contributed by atoms with Crippen LogP contribution in [-0.4, -0.2) is 30.0 Å². The second kappa shape index (κ2) is 14.4. The Hall–Kier alpha value is -3.61. The molecule has 0 unspecified atom stereocenters. The van der Waals surface area contributed by atoms with Gasteiger partial charge in [-0.3, -0.25) is 0 Å². The van der Waals surface area contributed by atoms with Crippen molar-refractivity contribution in [3.63, 3.8) is 0 Å². The van der Waals surface area contributed by atoms with Gasteiger partial charge in [-0.1, -0.05) is 78.9 Å². The molecule has 32 heavy (non-hydrogen) atoms. The molecule has 168 valence electrons. The Morgan fingerprint density at radius 1 is 0.406 bits per heavy atom. The highest BCUT2D eigenvalue weighted by atomic mass is 31.2. The van der Waals surface area contributed by atoms with Crippen molar-refractivity contribution >= 4 is 7.82 Å². The minimum atomic E-state index is -4.64. The standard InChI is InChI=1S/C12H10O.2C6H6O.H3O4P/c13-12-8-6-11(7-9-12)10-4-2-1-3-5-10;2*7-6-4-2-1-3-5-6;1-5(2,3)4/h1-9,13H;2*1-5,7H;(H3,1,2,3,4). The molecule has 0 aliphatic heterocycles. The fraction of sp³-hybridized carbons (Fsp3) is 0. The summed E-state index contributed by atoms with van der Waals surface area (Å²) in [6.07, 6.45) is 0. The predicted molar refractivity (Wildman–Crippen MR) is 124 cm³/mol. The average Bonchev–Trinajstić information content (AvgIpc) is 2.76. The van der Waals surface area contributed by atoms with Crippen molar-refractivity contribution in [1.29, 1.82) is 0 Å². The minimum Gasteiger partial charge on any atom is -0.508 e. The highest BCUT2D eigenvalue weighted by Crippen LogP contribution is 2.25. The van der Waals surface area contributed by atoms with Crippen LogP contribution in [0.5, 0.6) is 17.2 Å². The second-order valence-corrected chi connectivity index (χ2v) is 7.12. The van der Waals surface area contributed by atoms with Crippen LogP contribution in [0.3, 0.4) is 0 Å². The van der Waals surface area contributed by atoms with Crippen LogP contribution in [0.25, 0.3) is 11.1 Å². The minimum absolute atomic E-state index is 0.305. The summed E-state index contributed by atoms with van der Waals surface area (Å²) in [6, 6.07) is 34.7. The molecule has 0 atom stereocenters. The topological polar surface area (TPSA) is 138 Å². The lowest BCUT2D eigenvalue weighted by Crippen LogP contribution is -1.74. The first-order valence-corrected chi connectivity index (χ1v) is 10.8. The molecule has 8 heteroatoms. The van der Waals surface area contributed by atoms with Crippen molar-refractivity contribution in [1.82, 2.24) is 0 Å². The summed E-state index contributed by atoms with van der Waals surface area (Å²) < 4.78 is 8.88. The zero-order valence-corrected chi connectivity index (χ0v) is 17.9. The largest absolute Gasteiger partial charge is 0.508 e. The van der Waals surface area contributed by atoms with E-state index in [1.807, 2.05) is 54.6 Å². The van der Waals surface area contributed by atoms with Gasteiger partial charge in [0.25, 0.3) is 0 Å². The first-order chi connectivity index (χ1) is 15.1. The van der Waals surface area contributed by atoms with Crippen molar-refractivity contribution in [3.05, 3.63) is 115 Å². The third kappa shape index (κ3) is 14.4. The molecule has 6 N–H and O–H groups in total. The third-order valence-electron chi connectivity index (χ3n) is 3.49. The van der Waals surface area contributed by atoms with Crippen molar-refractivity contribution in [2.45, 2.75) is 0 Å². The number of phenols is 3. The normalized spacial score (nSPS) is 9.59. The van der Waals surface area contributed by atoms with Gasteiger partial charge in [-0.25, -0.2) is 4.57 Å². The Morgan fingerprint density at radius 2 is 0.656 bits per heavy atom. The summed E-state index contributed by atoms with van der Waals surface area (Å²) in [4.78, 5) is 21.6. The maximum atomic E-state index is 9.10.